The molecule has 0 fully saturated rings. The first-order valence-electron chi connectivity index (χ1n) is 5.53. The van der Waals surface area contributed by atoms with Crippen molar-refractivity contribution in [2.45, 2.75) is 13.8 Å². The van der Waals surface area contributed by atoms with E-state index in [4.69, 9.17) is 4.74 Å². The van der Waals surface area contributed by atoms with Gasteiger partial charge in [0.1, 0.15) is 5.69 Å². The lowest BCUT2D eigenvalue weighted by Gasteiger charge is -2.26. The molecule has 88 valence electrons. The second-order valence-electron chi connectivity index (χ2n) is 4.13. The molecule has 3 heterocycles. The van der Waals surface area contributed by atoms with Crippen LogP contribution in [0.5, 0.6) is 5.88 Å². The minimum atomic E-state index is 0.613. The van der Waals surface area contributed by atoms with Gasteiger partial charge in [-0.2, -0.15) is 4.98 Å². The minimum Gasteiger partial charge on any atom is -0.481 e. The highest BCUT2D eigenvalue weighted by Gasteiger charge is 2.29. The number of rotatable bonds is 1. The van der Waals surface area contributed by atoms with Crippen LogP contribution in [0.4, 0.5) is 11.5 Å². The van der Waals surface area contributed by atoms with Gasteiger partial charge in [-0.3, -0.25) is 0 Å². The van der Waals surface area contributed by atoms with Gasteiger partial charge in [-0.1, -0.05) is 0 Å². The molecule has 0 radical (unpaired) electrons. The van der Waals surface area contributed by atoms with Crippen molar-refractivity contribution in [1.82, 2.24) is 10.3 Å². The van der Waals surface area contributed by atoms with Gasteiger partial charge in [-0.15, -0.1) is 0 Å². The van der Waals surface area contributed by atoms with E-state index in [2.05, 4.69) is 27.1 Å². The number of methoxy groups -OCH3 is 1. The largest absolute Gasteiger partial charge is 0.481 e. The lowest BCUT2D eigenvalue weighted by Crippen LogP contribution is -2.28. The molecule has 0 aliphatic carbocycles. The Morgan fingerprint density at radius 1 is 1.35 bits per heavy atom. The van der Waals surface area contributed by atoms with E-state index in [1.54, 1.807) is 7.11 Å². The Labute approximate surface area is 99.8 Å². The third kappa shape index (κ3) is 1.39. The second-order valence-corrected chi connectivity index (χ2v) is 4.13. The van der Waals surface area contributed by atoms with Crippen molar-refractivity contribution in [2.75, 3.05) is 18.7 Å². The molecule has 2 aliphatic heterocycles. The summed E-state index contributed by atoms with van der Waals surface area (Å²) in [4.78, 5) is 11.2. The van der Waals surface area contributed by atoms with E-state index in [-0.39, 0.29) is 0 Å². The average Bonchev–Trinajstić information content (AvgIpc) is 2.72. The molecule has 5 nitrogen and oxygen atoms in total. The maximum atomic E-state index is 5.16. The van der Waals surface area contributed by atoms with Crippen LogP contribution in [-0.4, -0.2) is 24.5 Å². The number of nitrogens with one attached hydrogen (secondary N) is 1. The quantitative estimate of drug-likeness (QED) is 0.799. The summed E-state index contributed by atoms with van der Waals surface area (Å²) >= 11 is 0. The highest BCUT2D eigenvalue weighted by Crippen LogP contribution is 2.37. The van der Waals surface area contributed by atoms with Crippen LogP contribution in [0.3, 0.4) is 0 Å². The van der Waals surface area contributed by atoms with Crippen LogP contribution in [0.15, 0.2) is 28.5 Å². The Kier molecular flexibility index (Phi) is 2.07. The van der Waals surface area contributed by atoms with Crippen molar-refractivity contribution in [3.8, 4) is 5.88 Å². The molecule has 1 aromatic heterocycles. The normalized spacial score (nSPS) is 17.4. The van der Waals surface area contributed by atoms with Crippen LogP contribution in [0.25, 0.3) is 0 Å². The van der Waals surface area contributed by atoms with Gasteiger partial charge in [0.25, 0.3) is 0 Å². The van der Waals surface area contributed by atoms with Gasteiger partial charge in [-0.25, -0.2) is 4.99 Å². The number of anilines is 1. The number of pyridine rings is 1. The average molecular weight is 230 g/mol. The van der Waals surface area contributed by atoms with Gasteiger partial charge in [-0.05, 0) is 19.9 Å². The fourth-order valence-electron chi connectivity index (χ4n) is 2.27. The van der Waals surface area contributed by atoms with Gasteiger partial charge in [0.15, 0.2) is 5.82 Å². The molecule has 0 spiro atoms. The zero-order valence-corrected chi connectivity index (χ0v) is 10.1. The van der Waals surface area contributed by atoms with Crippen molar-refractivity contribution in [3.05, 3.63) is 23.5 Å². The Morgan fingerprint density at radius 3 is 2.94 bits per heavy atom. The molecule has 3 rings (SSSR count). The number of ether oxygens (including phenoxy) is 1. The number of allylic oxidation sites excluding steroid dienone is 2. The van der Waals surface area contributed by atoms with Crippen molar-refractivity contribution in [1.29, 1.82) is 0 Å². The molecule has 0 bridgehead atoms. The Balaban J connectivity index is 2.19. The second kappa shape index (κ2) is 3.48. The lowest BCUT2D eigenvalue weighted by atomic mass is 10.2. The maximum absolute atomic E-state index is 5.16. The van der Waals surface area contributed by atoms with Gasteiger partial charge in [0, 0.05) is 11.8 Å². The summed E-state index contributed by atoms with van der Waals surface area (Å²) in [5.74, 6) is 1.47. The van der Waals surface area contributed by atoms with E-state index in [9.17, 15) is 0 Å². The fraction of sp³-hybridized carbons (Fsp3) is 0.333. The van der Waals surface area contributed by atoms with E-state index in [1.165, 1.54) is 0 Å². The molecular formula is C12H14N4O. The summed E-state index contributed by atoms with van der Waals surface area (Å²) < 4.78 is 5.16. The molecule has 2 aliphatic rings. The predicted molar refractivity (Wildman–Crippen MR) is 66.7 cm³/mol. The minimum absolute atomic E-state index is 0.613. The highest BCUT2D eigenvalue weighted by molar-refractivity contribution is 6.07. The highest BCUT2D eigenvalue weighted by atomic mass is 16.5. The summed E-state index contributed by atoms with van der Waals surface area (Å²) in [6.07, 6.45) is 0. The van der Waals surface area contributed by atoms with E-state index in [1.807, 2.05) is 19.1 Å². The summed E-state index contributed by atoms with van der Waals surface area (Å²) in [6, 6.07) is 3.77. The molecular weight excluding hydrogens is 216 g/mol. The predicted octanol–water partition coefficient (Wildman–Crippen LogP) is 1.79. The SMILES string of the molecule is COc1ccc2c(n1)N1CNC(C)=C1C(C)=N2. The maximum Gasteiger partial charge on any atom is 0.215 e. The fourth-order valence-corrected chi connectivity index (χ4v) is 2.27. The van der Waals surface area contributed by atoms with Crippen LogP contribution in [0.1, 0.15) is 13.8 Å². The Bertz CT molecular complexity index is 547. The molecule has 0 amide bonds. The molecule has 5 heteroatoms. The zero-order chi connectivity index (χ0) is 12.0. The molecule has 0 atom stereocenters. The van der Waals surface area contributed by atoms with Gasteiger partial charge in [0.2, 0.25) is 5.88 Å². The van der Waals surface area contributed by atoms with Crippen molar-refractivity contribution >= 4 is 17.2 Å². The first-order valence-corrected chi connectivity index (χ1v) is 5.53. The summed E-state index contributed by atoms with van der Waals surface area (Å²) in [6.45, 7) is 4.81. The van der Waals surface area contributed by atoms with E-state index in [0.717, 1.165) is 35.3 Å². The van der Waals surface area contributed by atoms with Crippen LogP contribution in [-0.2, 0) is 0 Å². The molecule has 1 aromatic rings. The van der Waals surface area contributed by atoms with Gasteiger partial charge < -0.3 is 15.0 Å². The molecule has 0 unspecified atom stereocenters. The molecule has 1 N–H and O–H groups in total. The van der Waals surface area contributed by atoms with E-state index < -0.39 is 0 Å². The monoisotopic (exact) mass is 230 g/mol. The van der Waals surface area contributed by atoms with Crippen molar-refractivity contribution in [2.24, 2.45) is 4.99 Å². The summed E-state index contributed by atoms with van der Waals surface area (Å²) in [5.41, 5.74) is 4.18. The number of hydrogen-bond acceptors (Lipinski definition) is 5. The number of aromatic nitrogens is 1. The van der Waals surface area contributed by atoms with Gasteiger partial charge >= 0.3 is 0 Å². The number of fused-ring (bicyclic) bond motifs is 3. The van der Waals surface area contributed by atoms with Gasteiger partial charge in [0.05, 0.1) is 25.2 Å². The topological polar surface area (TPSA) is 49.8 Å². The van der Waals surface area contributed by atoms with Crippen LogP contribution < -0.4 is 15.0 Å². The lowest BCUT2D eigenvalue weighted by molar-refractivity contribution is 0.398. The van der Waals surface area contributed by atoms with Crippen LogP contribution in [0.2, 0.25) is 0 Å². The first kappa shape index (κ1) is 10.1. The van der Waals surface area contributed by atoms with Crippen LogP contribution in [0, 0.1) is 0 Å². The number of nitrogens with zero attached hydrogens (tertiary/aromatic N) is 3. The molecule has 0 saturated carbocycles. The first-order chi connectivity index (χ1) is 8.20. The Morgan fingerprint density at radius 2 is 2.18 bits per heavy atom. The molecule has 17 heavy (non-hydrogen) atoms. The van der Waals surface area contributed by atoms with E-state index >= 15 is 0 Å². The smallest absolute Gasteiger partial charge is 0.215 e. The van der Waals surface area contributed by atoms with Crippen molar-refractivity contribution in [3.63, 3.8) is 0 Å². The van der Waals surface area contributed by atoms with E-state index in [0.29, 0.717) is 5.88 Å². The summed E-state index contributed by atoms with van der Waals surface area (Å²) in [7, 11) is 1.62. The number of aliphatic imine (C=N–C) groups is 1. The summed E-state index contributed by atoms with van der Waals surface area (Å²) in [5, 5.41) is 3.31. The zero-order valence-electron chi connectivity index (χ0n) is 10.1. The molecule has 0 aromatic carbocycles. The number of hydrogen-bond donors (Lipinski definition) is 1. The third-order valence-electron chi connectivity index (χ3n) is 3.05. The molecule has 0 saturated heterocycles. The standard InChI is InChI=1S/C12H14N4O/c1-7-11-8(2)14-9-4-5-10(17-3)15-12(9)16(11)6-13-7/h4-5,13H,6H2,1-3H3. The van der Waals surface area contributed by atoms with Crippen LogP contribution >= 0.6 is 0 Å². The Hall–Kier alpha value is -2.04. The van der Waals surface area contributed by atoms with Crippen molar-refractivity contribution < 1.29 is 4.74 Å². The third-order valence-corrected chi connectivity index (χ3v) is 3.05.